The molecule has 0 fully saturated rings. The van der Waals surface area contributed by atoms with Gasteiger partial charge in [0.15, 0.2) is 5.82 Å². The molecule has 2 aromatic carbocycles. The van der Waals surface area contributed by atoms with Gasteiger partial charge in [-0.05, 0) is 54.8 Å². The van der Waals surface area contributed by atoms with Crippen molar-refractivity contribution in [1.29, 1.82) is 0 Å². The van der Waals surface area contributed by atoms with E-state index in [1.165, 1.54) is 4.68 Å². The van der Waals surface area contributed by atoms with Crippen molar-refractivity contribution in [2.45, 2.75) is 13.5 Å². The lowest BCUT2D eigenvalue weighted by Crippen LogP contribution is -2.17. The normalized spacial score (nSPS) is 10.7. The minimum absolute atomic E-state index is 0.227. The second-order valence-electron chi connectivity index (χ2n) is 6.51. The van der Waals surface area contributed by atoms with Crippen LogP contribution in [0.2, 0.25) is 0 Å². The Morgan fingerprint density at radius 1 is 1.14 bits per heavy atom. The van der Waals surface area contributed by atoms with Gasteiger partial charge >= 0.3 is 0 Å². The van der Waals surface area contributed by atoms with Crippen molar-refractivity contribution in [3.05, 3.63) is 82.0 Å². The number of anilines is 1. The van der Waals surface area contributed by atoms with Crippen molar-refractivity contribution in [3.8, 4) is 17.1 Å². The number of methoxy groups -OCH3 is 1. The van der Waals surface area contributed by atoms with Gasteiger partial charge in [0.2, 0.25) is 5.95 Å². The topological polar surface area (TPSA) is 69.0 Å². The fourth-order valence-corrected chi connectivity index (χ4v) is 3.55. The number of nitrogens with zero attached hydrogens (tertiary/aromatic N) is 3. The average molecular weight is 404 g/mol. The van der Waals surface area contributed by atoms with Crippen LogP contribution in [0.4, 0.5) is 5.95 Å². The molecule has 4 aromatic rings. The maximum Gasteiger partial charge on any atom is 0.281 e. The van der Waals surface area contributed by atoms with Gasteiger partial charge in [-0.3, -0.25) is 4.79 Å². The molecule has 0 aliphatic heterocycles. The summed E-state index contributed by atoms with van der Waals surface area (Å²) in [5.41, 5.74) is 2.38. The molecule has 0 saturated heterocycles. The van der Waals surface area contributed by atoms with Crippen LogP contribution in [0.3, 0.4) is 0 Å². The highest BCUT2D eigenvalue weighted by molar-refractivity contribution is 7.09. The van der Waals surface area contributed by atoms with Crippen molar-refractivity contribution in [2.75, 3.05) is 12.4 Å². The molecule has 0 atom stereocenters. The number of aryl methyl sites for hydroxylation is 1. The molecule has 4 rings (SSSR count). The van der Waals surface area contributed by atoms with Crippen LogP contribution in [0.15, 0.2) is 66.0 Å². The number of ether oxygens (including phenoxy) is 1. The number of hydrogen-bond acceptors (Lipinski definition) is 6. The van der Waals surface area contributed by atoms with Crippen LogP contribution in [0.1, 0.15) is 20.8 Å². The molecular weight excluding hydrogens is 384 g/mol. The summed E-state index contributed by atoms with van der Waals surface area (Å²) < 4.78 is 6.55. The second-order valence-corrected chi connectivity index (χ2v) is 7.54. The molecule has 7 heteroatoms. The van der Waals surface area contributed by atoms with E-state index in [1.807, 2.05) is 66.9 Å². The van der Waals surface area contributed by atoms with E-state index >= 15 is 0 Å². The Morgan fingerprint density at radius 3 is 2.66 bits per heavy atom. The largest absolute Gasteiger partial charge is 0.497 e. The zero-order valence-corrected chi connectivity index (χ0v) is 16.9. The first-order valence-electron chi connectivity index (χ1n) is 9.13. The summed E-state index contributed by atoms with van der Waals surface area (Å²) in [4.78, 5) is 18.9. The highest BCUT2D eigenvalue weighted by atomic mass is 32.1. The van der Waals surface area contributed by atoms with E-state index in [1.54, 1.807) is 24.5 Å². The Morgan fingerprint density at radius 2 is 1.97 bits per heavy atom. The van der Waals surface area contributed by atoms with Crippen LogP contribution in [-0.2, 0) is 6.54 Å². The van der Waals surface area contributed by atoms with Gasteiger partial charge < -0.3 is 10.1 Å². The molecule has 1 N–H and O–H groups in total. The van der Waals surface area contributed by atoms with E-state index in [-0.39, 0.29) is 5.91 Å². The van der Waals surface area contributed by atoms with Gasteiger partial charge in [0.25, 0.3) is 5.91 Å². The smallest absolute Gasteiger partial charge is 0.281 e. The van der Waals surface area contributed by atoms with Crippen molar-refractivity contribution in [3.63, 3.8) is 0 Å². The minimum Gasteiger partial charge on any atom is -0.497 e. The fraction of sp³-hybridized carbons (Fsp3) is 0.136. The molecule has 0 aliphatic carbocycles. The second kappa shape index (κ2) is 8.28. The van der Waals surface area contributed by atoms with Gasteiger partial charge in [-0.2, -0.15) is 9.67 Å². The third-order valence-corrected chi connectivity index (χ3v) is 5.29. The Hall–Kier alpha value is -3.45. The van der Waals surface area contributed by atoms with E-state index in [4.69, 9.17) is 4.74 Å². The molecule has 0 amide bonds. The molecule has 29 heavy (non-hydrogen) atoms. The van der Waals surface area contributed by atoms with Crippen LogP contribution in [-0.4, -0.2) is 27.8 Å². The predicted molar refractivity (Wildman–Crippen MR) is 115 cm³/mol. The summed E-state index contributed by atoms with van der Waals surface area (Å²) in [6.07, 6.45) is 0. The van der Waals surface area contributed by atoms with Crippen LogP contribution >= 0.6 is 11.3 Å². The average Bonchev–Trinajstić information content (AvgIpc) is 3.41. The molecule has 146 valence electrons. The minimum atomic E-state index is -0.227. The summed E-state index contributed by atoms with van der Waals surface area (Å²) in [5, 5.41) is 9.76. The van der Waals surface area contributed by atoms with Crippen molar-refractivity contribution in [1.82, 2.24) is 14.8 Å². The van der Waals surface area contributed by atoms with Crippen molar-refractivity contribution < 1.29 is 9.53 Å². The molecule has 0 unspecified atom stereocenters. The standard InChI is InChI=1S/C22H20N4O2S/c1-15-5-3-6-17(13-15)21(27)26-22(23-14-19-7-4-12-29-19)24-20(25-26)16-8-10-18(28-2)11-9-16/h3-13H,14H2,1-2H3,(H,23,24,25). The van der Waals surface area contributed by atoms with Gasteiger partial charge in [-0.15, -0.1) is 16.4 Å². The number of hydrogen-bond donors (Lipinski definition) is 1. The summed E-state index contributed by atoms with van der Waals surface area (Å²) in [5.74, 6) is 1.41. The van der Waals surface area contributed by atoms with E-state index in [2.05, 4.69) is 15.4 Å². The summed E-state index contributed by atoms with van der Waals surface area (Å²) in [6.45, 7) is 2.52. The lowest BCUT2D eigenvalue weighted by molar-refractivity contribution is 0.0947. The van der Waals surface area contributed by atoms with E-state index < -0.39 is 0 Å². The summed E-state index contributed by atoms with van der Waals surface area (Å²) in [6, 6.07) is 18.9. The Kier molecular flexibility index (Phi) is 5.39. The predicted octanol–water partition coefficient (Wildman–Crippen LogP) is 4.62. The number of carbonyl (C=O) groups is 1. The molecule has 2 heterocycles. The van der Waals surface area contributed by atoms with Gasteiger partial charge in [0.05, 0.1) is 13.7 Å². The highest BCUT2D eigenvalue weighted by Gasteiger charge is 2.19. The van der Waals surface area contributed by atoms with Gasteiger partial charge in [-0.1, -0.05) is 23.8 Å². The first-order chi connectivity index (χ1) is 14.1. The number of benzene rings is 2. The van der Waals surface area contributed by atoms with Crippen LogP contribution < -0.4 is 10.1 Å². The SMILES string of the molecule is COc1ccc(-c2nc(NCc3cccs3)n(C(=O)c3cccc(C)c3)n2)cc1. The highest BCUT2D eigenvalue weighted by Crippen LogP contribution is 2.22. The third-order valence-electron chi connectivity index (χ3n) is 4.41. The van der Waals surface area contributed by atoms with E-state index in [9.17, 15) is 4.79 Å². The van der Waals surface area contributed by atoms with Crippen LogP contribution in [0.5, 0.6) is 5.75 Å². The molecule has 0 spiro atoms. The number of thiophene rings is 1. The first-order valence-corrected chi connectivity index (χ1v) is 10.0. The fourth-order valence-electron chi connectivity index (χ4n) is 2.91. The quantitative estimate of drug-likeness (QED) is 0.508. The molecular formula is C22H20N4O2S. The number of nitrogens with one attached hydrogen (secondary N) is 1. The monoisotopic (exact) mass is 404 g/mol. The van der Waals surface area contributed by atoms with Gasteiger partial charge in [0, 0.05) is 16.0 Å². The third kappa shape index (κ3) is 4.20. The molecule has 0 bridgehead atoms. The Balaban J connectivity index is 1.70. The maximum absolute atomic E-state index is 13.1. The van der Waals surface area contributed by atoms with E-state index in [0.717, 1.165) is 21.8 Å². The van der Waals surface area contributed by atoms with E-state index in [0.29, 0.717) is 23.9 Å². The van der Waals surface area contributed by atoms with Crippen LogP contribution in [0, 0.1) is 6.92 Å². The Labute approximate surface area is 172 Å². The van der Waals surface area contributed by atoms with Gasteiger partial charge in [0.1, 0.15) is 5.75 Å². The molecule has 0 saturated carbocycles. The summed E-state index contributed by atoms with van der Waals surface area (Å²) >= 11 is 1.64. The lowest BCUT2D eigenvalue weighted by atomic mass is 10.1. The van der Waals surface area contributed by atoms with Gasteiger partial charge in [-0.25, -0.2) is 0 Å². The summed E-state index contributed by atoms with van der Waals surface area (Å²) in [7, 11) is 1.62. The number of carbonyl (C=O) groups excluding carboxylic acids is 1. The molecule has 2 aromatic heterocycles. The molecule has 0 aliphatic rings. The zero-order chi connectivity index (χ0) is 20.2. The molecule has 0 radical (unpaired) electrons. The first kappa shape index (κ1) is 18.9. The Bertz CT molecular complexity index is 1120. The lowest BCUT2D eigenvalue weighted by Gasteiger charge is -2.06. The zero-order valence-electron chi connectivity index (χ0n) is 16.1. The number of rotatable bonds is 6. The number of aromatic nitrogens is 3. The molecule has 6 nitrogen and oxygen atoms in total. The maximum atomic E-state index is 13.1. The van der Waals surface area contributed by atoms with Crippen molar-refractivity contribution in [2.24, 2.45) is 0 Å². The van der Waals surface area contributed by atoms with Crippen molar-refractivity contribution >= 4 is 23.2 Å². The van der Waals surface area contributed by atoms with Crippen LogP contribution in [0.25, 0.3) is 11.4 Å².